The molecule has 0 unspecified atom stereocenters. The molecule has 1 aliphatic carbocycles. The van der Waals surface area contributed by atoms with Crippen molar-refractivity contribution in [2.45, 2.75) is 12.8 Å². The van der Waals surface area contributed by atoms with Crippen molar-refractivity contribution in [3.05, 3.63) is 10.4 Å². The Balaban J connectivity index is 2.21. The van der Waals surface area contributed by atoms with Gasteiger partial charge in [0.15, 0.2) is 0 Å². The van der Waals surface area contributed by atoms with Crippen LogP contribution in [0.1, 0.15) is 23.3 Å². The number of nitriles is 2. The normalized spacial score (nSPS) is 14.3. The summed E-state index contributed by atoms with van der Waals surface area (Å²) in [6, 6.07) is 4.03. The van der Waals surface area contributed by atoms with Crippen LogP contribution in [0.15, 0.2) is 0 Å². The molecule has 1 aromatic rings. The number of thiophene rings is 1. The third-order valence-electron chi connectivity index (χ3n) is 2.41. The minimum atomic E-state index is 0.309. The van der Waals surface area contributed by atoms with Crippen LogP contribution in [0.4, 0.5) is 10.7 Å². The van der Waals surface area contributed by atoms with Gasteiger partial charge in [0, 0.05) is 6.54 Å². The van der Waals surface area contributed by atoms with Crippen LogP contribution in [0.25, 0.3) is 0 Å². The first-order valence-electron chi connectivity index (χ1n) is 4.72. The summed E-state index contributed by atoms with van der Waals surface area (Å²) in [5, 5.41) is 21.6. The monoisotopic (exact) mass is 218 g/mol. The number of hydrogen-bond acceptors (Lipinski definition) is 5. The standard InChI is InChI=1S/C10H10N4S/c11-3-7-9(13)8(4-12)15-10(7)14-5-6-1-2-6/h6,14H,1-2,5,13H2. The van der Waals surface area contributed by atoms with E-state index >= 15 is 0 Å². The second-order valence-corrected chi connectivity index (χ2v) is 4.62. The highest BCUT2D eigenvalue weighted by atomic mass is 32.1. The smallest absolute Gasteiger partial charge is 0.131 e. The van der Waals surface area contributed by atoms with Gasteiger partial charge in [-0.2, -0.15) is 10.5 Å². The van der Waals surface area contributed by atoms with Gasteiger partial charge in [-0.05, 0) is 18.8 Å². The van der Waals surface area contributed by atoms with Crippen molar-refractivity contribution in [2.75, 3.05) is 17.6 Å². The number of anilines is 2. The molecule has 0 aromatic carbocycles. The SMILES string of the molecule is N#Cc1sc(NCC2CC2)c(C#N)c1N. The summed E-state index contributed by atoms with van der Waals surface area (Å²) < 4.78 is 0. The molecule has 3 N–H and O–H groups in total. The largest absolute Gasteiger partial charge is 0.396 e. The summed E-state index contributed by atoms with van der Waals surface area (Å²) in [6.45, 7) is 0.875. The van der Waals surface area contributed by atoms with Gasteiger partial charge in [-0.1, -0.05) is 0 Å². The lowest BCUT2D eigenvalue weighted by Crippen LogP contribution is -2.02. The number of rotatable bonds is 3. The molecule has 15 heavy (non-hydrogen) atoms. The second-order valence-electron chi connectivity index (χ2n) is 3.60. The molecule has 0 atom stereocenters. The van der Waals surface area contributed by atoms with E-state index in [2.05, 4.69) is 5.32 Å². The molecule has 76 valence electrons. The highest BCUT2D eigenvalue weighted by Crippen LogP contribution is 2.36. The minimum absolute atomic E-state index is 0.309. The molecule has 5 heteroatoms. The average Bonchev–Trinajstić information content (AvgIpc) is 3.01. The third kappa shape index (κ3) is 1.88. The summed E-state index contributed by atoms with van der Waals surface area (Å²) in [7, 11) is 0. The minimum Gasteiger partial charge on any atom is -0.396 e. The van der Waals surface area contributed by atoms with Crippen molar-refractivity contribution < 1.29 is 0 Å². The van der Waals surface area contributed by atoms with E-state index in [1.54, 1.807) is 0 Å². The van der Waals surface area contributed by atoms with Gasteiger partial charge < -0.3 is 11.1 Å². The maximum Gasteiger partial charge on any atom is 0.131 e. The van der Waals surface area contributed by atoms with Gasteiger partial charge >= 0.3 is 0 Å². The Kier molecular flexibility index (Phi) is 2.49. The van der Waals surface area contributed by atoms with E-state index < -0.39 is 0 Å². The maximum atomic E-state index is 8.92. The lowest BCUT2D eigenvalue weighted by Gasteiger charge is -2.01. The van der Waals surface area contributed by atoms with E-state index in [4.69, 9.17) is 16.3 Å². The Morgan fingerprint density at radius 1 is 1.40 bits per heavy atom. The first-order valence-corrected chi connectivity index (χ1v) is 5.54. The number of nitrogens with two attached hydrogens (primary N) is 1. The Hall–Kier alpha value is -1.72. The fraction of sp³-hybridized carbons (Fsp3) is 0.400. The topological polar surface area (TPSA) is 85.6 Å². The highest BCUT2D eigenvalue weighted by Gasteiger charge is 2.22. The van der Waals surface area contributed by atoms with Gasteiger partial charge in [0.1, 0.15) is 27.6 Å². The maximum absolute atomic E-state index is 8.92. The van der Waals surface area contributed by atoms with E-state index in [1.165, 1.54) is 24.2 Å². The van der Waals surface area contributed by atoms with Crippen molar-refractivity contribution in [2.24, 2.45) is 5.92 Å². The third-order valence-corrected chi connectivity index (χ3v) is 3.47. The first-order chi connectivity index (χ1) is 7.26. The van der Waals surface area contributed by atoms with E-state index in [0.717, 1.165) is 17.5 Å². The molecule has 0 saturated heterocycles. The van der Waals surface area contributed by atoms with Crippen molar-refractivity contribution in [3.8, 4) is 12.1 Å². The fourth-order valence-corrected chi connectivity index (χ4v) is 2.20. The first kappa shape index (κ1) is 9.82. The Bertz CT molecular complexity index is 459. The lowest BCUT2D eigenvalue weighted by atomic mass is 10.2. The number of hydrogen-bond donors (Lipinski definition) is 2. The summed E-state index contributed by atoms with van der Waals surface area (Å²) in [5.74, 6) is 0.727. The molecule has 1 heterocycles. The Morgan fingerprint density at radius 3 is 2.67 bits per heavy atom. The zero-order valence-electron chi connectivity index (χ0n) is 8.08. The molecule has 4 nitrogen and oxygen atoms in total. The Morgan fingerprint density at radius 2 is 2.13 bits per heavy atom. The quantitative estimate of drug-likeness (QED) is 0.811. The number of nitrogens with zero attached hydrogens (tertiary/aromatic N) is 2. The second kappa shape index (κ2) is 3.80. The summed E-state index contributed by atoms with van der Waals surface area (Å²) in [4.78, 5) is 0.421. The molecular weight excluding hydrogens is 208 g/mol. The molecule has 0 spiro atoms. The van der Waals surface area contributed by atoms with Crippen LogP contribution in [0.2, 0.25) is 0 Å². The van der Waals surface area contributed by atoms with Crippen molar-refractivity contribution in [1.82, 2.24) is 0 Å². The summed E-state index contributed by atoms with van der Waals surface area (Å²) >= 11 is 1.26. The molecule has 1 fully saturated rings. The van der Waals surface area contributed by atoms with E-state index in [9.17, 15) is 0 Å². The van der Waals surface area contributed by atoms with Gasteiger partial charge in [-0.15, -0.1) is 11.3 Å². The van der Waals surface area contributed by atoms with Crippen LogP contribution >= 0.6 is 11.3 Å². The van der Waals surface area contributed by atoms with E-state index in [1.807, 2.05) is 12.1 Å². The number of nitrogen functional groups attached to an aromatic ring is 1. The van der Waals surface area contributed by atoms with E-state index in [0.29, 0.717) is 16.1 Å². The number of nitrogens with one attached hydrogen (secondary N) is 1. The molecular formula is C10H10N4S. The molecule has 0 radical (unpaired) electrons. The average molecular weight is 218 g/mol. The predicted octanol–water partition coefficient (Wildman–Crippen LogP) is 1.90. The highest BCUT2D eigenvalue weighted by molar-refractivity contribution is 7.17. The van der Waals surface area contributed by atoms with Crippen molar-refractivity contribution in [1.29, 1.82) is 10.5 Å². The zero-order chi connectivity index (χ0) is 10.8. The summed E-state index contributed by atoms with van der Waals surface area (Å²) in [6.07, 6.45) is 2.50. The van der Waals surface area contributed by atoms with Crippen LogP contribution in [-0.2, 0) is 0 Å². The van der Waals surface area contributed by atoms with E-state index in [-0.39, 0.29) is 0 Å². The molecule has 1 aromatic heterocycles. The van der Waals surface area contributed by atoms with Crippen LogP contribution in [0.5, 0.6) is 0 Å². The molecule has 1 aliphatic rings. The van der Waals surface area contributed by atoms with Crippen LogP contribution in [-0.4, -0.2) is 6.54 Å². The van der Waals surface area contributed by atoms with Crippen LogP contribution in [0, 0.1) is 28.6 Å². The van der Waals surface area contributed by atoms with Crippen molar-refractivity contribution in [3.63, 3.8) is 0 Å². The van der Waals surface area contributed by atoms with Gasteiger partial charge in [0.05, 0.1) is 5.69 Å². The zero-order valence-corrected chi connectivity index (χ0v) is 8.90. The van der Waals surface area contributed by atoms with Crippen LogP contribution < -0.4 is 11.1 Å². The Labute approximate surface area is 91.9 Å². The molecule has 2 rings (SSSR count). The molecule has 1 saturated carbocycles. The van der Waals surface area contributed by atoms with Gasteiger partial charge in [0.2, 0.25) is 0 Å². The van der Waals surface area contributed by atoms with Crippen molar-refractivity contribution >= 4 is 22.0 Å². The van der Waals surface area contributed by atoms with Gasteiger partial charge in [-0.25, -0.2) is 0 Å². The van der Waals surface area contributed by atoms with Crippen LogP contribution in [0.3, 0.4) is 0 Å². The molecule has 0 aliphatic heterocycles. The molecule has 0 bridgehead atoms. The lowest BCUT2D eigenvalue weighted by molar-refractivity contribution is 0.892. The van der Waals surface area contributed by atoms with Gasteiger partial charge in [-0.3, -0.25) is 0 Å². The predicted molar refractivity (Wildman–Crippen MR) is 59.4 cm³/mol. The molecule has 0 amide bonds. The van der Waals surface area contributed by atoms with Gasteiger partial charge in [0.25, 0.3) is 0 Å². The fourth-order valence-electron chi connectivity index (χ4n) is 1.32. The summed E-state index contributed by atoms with van der Waals surface area (Å²) in [5.41, 5.74) is 6.40.